The van der Waals surface area contributed by atoms with Gasteiger partial charge in [0.05, 0.1) is 17.0 Å². The average molecular weight is 440 g/mol. The van der Waals surface area contributed by atoms with Crippen molar-refractivity contribution >= 4 is 28.4 Å². The highest BCUT2D eigenvalue weighted by Crippen LogP contribution is 2.31. The molecule has 4 aliphatic heterocycles. The minimum absolute atomic E-state index is 0.00196. The number of rotatable bonds is 5. The molecule has 0 aliphatic carbocycles. The van der Waals surface area contributed by atoms with Gasteiger partial charge in [-0.15, -0.1) is 0 Å². The standard InChI is InChI=1S/C22H25N5O3S/c28-22(18-3-6-21-24-9-10-26(21)13-18)25-11-16-1-4-20(5-2-16)31(29,30)27-14-17-7-8-23-12-19(17)15-27/h1-6,9,12-13,17,19,21H,7-8,10-11,14-15H2,(H,25,28). The predicted octanol–water partition coefficient (Wildman–Crippen LogP) is 1.18. The van der Waals surface area contributed by atoms with E-state index in [-0.39, 0.29) is 22.9 Å². The fraction of sp³-hybridized carbons (Fsp3) is 0.409. The summed E-state index contributed by atoms with van der Waals surface area (Å²) in [4.78, 5) is 23.4. The number of sulfonamides is 1. The molecule has 1 aromatic carbocycles. The van der Waals surface area contributed by atoms with Gasteiger partial charge in [-0.3, -0.25) is 14.8 Å². The Labute approximate surface area is 182 Å². The van der Waals surface area contributed by atoms with Crippen LogP contribution in [0.3, 0.4) is 0 Å². The average Bonchev–Trinajstić information content (AvgIpc) is 3.44. The van der Waals surface area contributed by atoms with Crippen molar-refractivity contribution in [3.05, 3.63) is 53.8 Å². The summed E-state index contributed by atoms with van der Waals surface area (Å²) in [6.07, 6.45) is 10.2. The molecular weight excluding hydrogens is 414 g/mol. The molecule has 3 unspecified atom stereocenters. The first kappa shape index (κ1) is 20.1. The van der Waals surface area contributed by atoms with E-state index in [4.69, 9.17) is 0 Å². The van der Waals surface area contributed by atoms with Crippen LogP contribution in [0.1, 0.15) is 12.0 Å². The van der Waals surface area contributed by atoms with Crippen LogP contribution < -0.4 is 5.32 Å². The number of hydrogen-bond acceptors (Lipinski definition) is 6. The Kier molecular flexibility index (Phi) is 5.23. The van der Waals surface area contributed by atoms with Crippen molar-refractivity contribution < 1.29 is 13.2 Å². The van der Waals surface area contributed by atoms with Gasteiger partial charge in [0.15, 0.2) is 0 Å². The highest BCUT2D eigenvalue weighted by atomic mass is 32.2. The van der Waals surface area contributed by atoms with Crippen molar-refractivity contribution in [2.45, 2.75) is 24.0 Å². The number of benzene rings is 1. The number of aliphatic imine (C=N–C) groups is 2. The Balaban J connectivity index is 1.20. The molecule has 1 saturated heterocycles. The predicted molar refractivity (Wildman–Crippen MR) is 118 cm³/mol. The third-order valence-corrected chi connectivity index (χ3v) is 8.15. The molecule has 4 aliphatic rings. The van der Waals surface area contributed by atoms with Gasteiger partial charge >= 0.3 is 0 Å². The summed E-state index contributed by atoms with van der Waals surface area (Å²) in [6.45, 7) is 2.87. The van der Waals surface area contributed by atoms with Crippen LogP contribution in [0, 0.1) is 11.8 Å². The molecule has 1 fully saturated rings. The molecule has 1 amide bonds. The van der Waals surface area contributed by atoms with E-state index in [9.17, 15) is 13.2 Å². The van der Waals surface area contributed by atoms with Gasteiger partial charge in [0.2, 0.25) is 10.0 Å². The molecular formula is C22H25N5O3S. The smallest absolute Gasteiger partial charge is 0.253 e. The summed E-state index contributed by atoms with van der Waals surface area (Å²) in [5.41, 5.74) is 1.43. The molecule has 8 nitrogen and oxygen atoms in total. The van der Waals surface area contributed by atoms with Gasteiger partial charge in [-0.05, 0) is 42.2 Å². The molecule has 162 valence electrons. The summed E-state index contributed by atoms with van der Waals surface area (Å²) in [5.74, 6) is 0.426. The highest BCUT2D eigenvalue weighted by Gasteiger charge is 2.39. The monoisotopic (exact) mass is 439 g/mol. The zero-order valence-electron chi connectivity index (χ0n) is 17.1. The molecule has 0 bridgehead atoms. The van der Waals surface area contributed by atoms with Crippen LogP contribution in [0.5, 0.6) is 0 Å². The summed E-state index contributed by atoms with van der Waals surface area (Å²) in [5, 5.41) is 2.90. The maximum Gasteiger partial charge on any atom is 0.253 e. The fourth-order valence-corrected chi connectivity index (χ4v) is 6.00. The number of nitrogens with one attached hydrogen (secondary N) is 1. The number of fused-ring (bicyclic) bond motifs is 2. The van der Waals surface area contributed by atoms with Crippen molar-refractivity contribution in [3.63, 3.8) is 0 Å². The molecule has 1 N–H and O–H groups in total. The summed E-state index contributed by atoms with van der Waals surface area (Å²) in [6, 6.07) is 6.76. The number of amides is 1. The van der Waals surface area contributed by atoms with Crippen LogP contribution in [0.25, 0.3) is 0 Å². The Bertz CT molecular complexity index is 1090. The van der Waals surface area contributed by atoms with Crippen molar-refractivity contribution in [2.75, 3.05) is 26.2 Å². The lowest BCUT2D eigenvalue weighted by Crippen LogP contribution is -2.31. The second kappa shape index (κ2) is 8.05. The summed E-state index contributed by atoms with van der Waals surface area (Å²) >= 11 is 0. The van der Waals surface area contributed by atoms with E-state index in [1.807, 2.05) is 29.6 Å². The van der Waals surface area contributed by atoms with E-state index >= 15 is 0 Å². The van der Waals surface area contributed by atoms with Crippen LogP contribution in [0.2, 0.25) is 0 Å². The maximum atomic E-state index is 13.0. The van der Waals surface area contributed by atoms with Gasteiger partial charge < -0.3 is 10.2 Å². The Hall–Kier alpha value is -2.78. The van der Waals surface area contributed by atoms with Gasteiger partial charge in [0.1, 0.15) is 6.17 Å². The number of carbonyl (C=O) groups excluding carboxylic acids is 1. The summed E-state index contributed by atoms with van der Waals surface area (Å²) in [7, 11) is -3.52. The van der Waals surface area contributed by atoms with Crippen molar-refractivity contribution in [1.29, 1.82) is 0 Å². The molecule has 4 heterocycles. The molecule has 9 heteroatoms. The molecule has 31 heavy (non-hydrogen) atoms. The quantitative estimate of drug-likeness (QED) is 0.745. The Morgan fingerprint density at radius 2 is 2.03 bits per heavy atom. The number of hydrogen-bond donors (Lipinski definition) is 1. The van der Waals surface area contributed by atoms with Gasteiger partial charge in [-0.1, -0.05) is 12.1 Å². The third-order valence-electron chi connectivity index (χ3n) is 6.30. The number of carbonyl (C=O) groups is 1. The molecule has 1 aromatic rings. The zero-order valence-corrected chi connectivity index (χ0v) is 17.9. The van der Waals surface area contributed by atoms with Gasteiger partial charge in [0, 0.05) is 50.7 Å². The second-order valence-corrected chi connectivity index (χ2v) is 10.2. The molecule has 0 radical (unpaired) electrons. The molecule has 3 atom stereocenters. The zero-order chi connectivity index (χ0) is 21.4. The SMILES string of the molecule is O=C(NCc1ccc(S(=O)(=O)N2CC3C=NCCC3C2)cc1)C1=CN2CC=NC2C=C1. The molecule has 0 saturated carbocycles. The first-order valence-corrected chi connectivity index (χ1v) is 12.0. The van der Waals surface area contributed by atoms with Crippen LogP contribution in [-0.4, -0.2) is 68.3 Å². The molecule has 5 rings (SSSR count). The number of nitrogens with zero attached hydrogens (tertiary/aromatic N) is 4. The second-order valence-electron chi connectivity index (χ2n) is 8.30. The van der Waals surface area contributed by atoms with Crippen LogP contribution in [0.4, 0.5) is 0 Å². The van der Waals surface area contributed by atoms with Crippen LogP contribution in [0.15, 0.2) is 63.1 Å². The lowest BCUT2D eigenvalue weighted by Gasteiger charge is -2.23. The summed E-state index contributed by atoms with van der Waals surface area (Å²) < 4.78 is 27.6. The largest absolute Gasteiger partial charge is 0.348 e. The third kappa shape index (κ3) is 3.95. The van der Waals surface area contributed by atoms with Gasteiger partial charge in [-0.2, -0.15) is 4.31 Å². The lowest BCUT2D eigenvalue weighted by atomic mass is 9.92. The van der Waals surface area contributed by atoms with Gasteiger partial charge in [-0.25, -0.2) is 8.42 Å². The van der Waals surface area contributed by atoms with Crippen LogP contribution in [-0.2, 0) is 21.4 Å². The topological polar surface area (TPSA) is 94.4 Å². The molecule has 0 aromatic heterocycles. The first-order chi connectivity index (χ1) is 15.0. The van der Waals surface area contributed by atoms with Gasteiger partial charge in [0.25, 0.3) is 5.91 Å². The van der Waals surface area contributed by atoms with Crippen LogP contribution >= 0.6 is 0 Å². The normalized spacial score (nSPS) is 27.2. The van der Waals surface area contributed by atoms with E-state index in [0.29, 0.717) is 37.7 Å². The lowest BCUT2D eigenvalue weighted by molar-refractivity contribution is -0.117. The molecule has 0 spiro atoms. The minimum atomic E-state index is -3.52. The van der Waals surface area contributed by atoms with Crippen molar-refractivity contribution in [2.24, 2.45) is 21.8 Å². The first-order valence-electron chi connectivity index (χ1n) is 10.6. The van der Waals surface area contributed by atoms with E-state index < -0.39 is 10.0 Å². The van der Waals surface area contributed by atoms with E-state index in [1.54, 1.807) is 34.6 Å². The van der Waals surface area contributed by atoms with Crippen molar-refractivity contribution in [1.82, 2.24) is 14.5 Å². The Morgan fingerprint density at radius 1 is 1.19 bits per heavy atom. The van der Waals surface area contributed by atoms with E-state index in [1.165, 1.54) is 0 Å². The fourth-order valence-electron chi connectivity index (χ4n) is 4.47. The van der Waals surface area contributed by atoms with E-state index in [0.717, 1.165) is 18.5 Å². The van der Waals surface area contributed by atoms with Crippen molar-refractivity contribution in [3.8, 4) is 0 Å². The highest BCUT2D eigenvalue weighted by molar-refractivity contribution is 7.89. The van der Waals surface area contributed by atoms with E-state index in [2.05, 4.69) is 15.3 Å². The minimum Gasteiger partial charge on any atom is -0.348 e. The Morgan fingerprint density at radius 3 is 2.84 bits per heavy atom. The maximum absolute atomic E-state index is 13.0.